The van der Waals surface area contributed by atoms with E-state index >= 15 is 0 Å². The Morgan fingerprint density at radius 1 is 1.47 bits per heavy atom. The summed E-state index contributed by atoms with van der Waals surface area (Å²) in [7, 11) is 0. The number of aryl methyl sites for hydroxylation is 1. The van der Waals surface area contributed by atoms with E-state index in [4.69, 9.17) is 11.6 Å². The highest BCUT2D eigenvalue weighted by Gasteiger charge is 2.28. The van der Waals surface area contributed by atoms with Crippen molar-refractivity contribution in [3.05, 3.63) is 17.5 Å². The molecule has 0 aromatic carbocycles. The minimum atomic E-state index is -4.40. The van der Waals surface area contributed by atoms with Crippen molar-refractivity contribution < 1.29 is 27.5 Å². The van der Waals surface area contributed by atoms with Crippen LogP contribution >= 0.6 is 11.6 Å². The molecule has 1 aromatic heterocycles. The molecular formula is C10H10ClF3N2O3. The molecule has 0 saturated carbocycles. The molecular weight excluding hydrogens is 289 g/mol. The number of carbonyl (C=O) groups is 2. The van der Waals surface area contributed by atoms with Crippen LogP contribution in [0.25, 0.3) is 0 Å². The van der Waals surface area contributed by atoms with E-state index in [1.807, 2.05) is 0 Å². The number of aromatic nitrogens is 2. The molecule has 0 atom stereocenters. The summed E-state index contributed by atoms with van der Waals surface area (Å²) in [5, 5.41) is 2.59. The molecule has 0 bridgehead atoms. The molecule has 0 fully saturated rings. The largest absolute Gasteiger partial charge is 0.461 e. The third-order valence-corrected chi connectivity index (χ3v) is 2.27. The fourth-order valence-electron chi connectivity index (χ4n) is 1.28. The van der Waals surface area contributed by atoms with Crippen molar-refractivity contribution in [1.29, 1.82) is 0 Å². The van der Waals surface area contributed by atoms with Crippen LogP contribution in [0.5, 0.6) is 0 Å². The monoisotopic (exact) mass is 298 g/mol. The molecule has 0 saturated heterocycles. The lowest BCUT2D eigenvalue weighted by molar-refractivity contribution is -0.137. The van der Waals surface area contributed by atoms with Gasteiger partial charge in [-0.05, 0) is 18.5 Å². The van der Waals surface area contributed by atoms with Gasteiger partial charge >= 0.3 is 12.1 Å². The summed E-state index contributed by atoms with van der Waals surface area (Å²) in [6, 6.07) is 1.00. The van der Waals surface area contributed by atoms with Gasteiger partial charge in [0.1, 0.15) is 5.69 Å². The molecule has 0 aliphatic carbocycles. The van der Waals surface area contributed by atoms with E-state index in [2.05, 4.69) is 9.84 Å². The van der Waals surface area contributed by atoms with Crippen LogP contribution in [0, 0.1) is 0 Å². The normalized spacial score (nSPS) is 11.4. The first-order valence-electron chi connectivity index (χ1n) is 5.26. The number of hydrogen-bond acceptors (Lipinski definition) is 4. The van der Waals surface area contributed by atoms with Crippen molar-refractivity contribution in [2.75, 3.05) is 6.61 Å². The topological polar surface area (TPSA) is 61.2 Å². The molecule has 0 aliphatic rings. The minimum Gasteiger partial charge on any atom is -0.461 e. The summed E-state index contributed by atoms with van der Waals surface area (Å²) >= 11 is 5.22. The lowest BCUT2D eigenvalue weighted by atomic mass is 10.3. The van der Waals surface area contributed by atoms with Crippen molar-refractivity contribution in [3.63, 3.8) is 0 Å². The Morgan fingerprint density at radius 2 is 2.11 bits per heavy atom. The molecule has 0 spiro atoms. The van der Waals surface area contributed by atoms with Crippen LogP contribution in [-0.2, 0) is 11.3 Å². The Bertz CT molecular complexity index is 485. The van der Waals surface area contributed by atoms with Gasteiger partial charge in [-0.1, -0.05) is 0 Å². The van der Waals surface area contributed by atoms with Gasteiger partial charge in [0.25, 0.3) is 5.24 Å². The first-order valence-corrected chi connectivity index (χ1v) is 5.64. The predicted molar refractivity (Wildman–Crippen MR) is 59.0 cm³/mol. The highest BCUT2D eigenvalue weighted by molar-refractivity contribution is 6.67. The van der Waals surface area contributed by atoms with Gasteiger partial charge in [0, 0.05) is 6.07 Å². The van der Waals surface area contributed by atoms with Crippen LogP contribution in [0.15, 0.2) is 6.07 Å². The summed E-state index contributed by atoms with van der Waals surface area (Å²) in [6.45, 7) is 1.04. The number of rotatable bonds is 5. The Kier molecular flexibility index (Phi) is 4.93. The quantitative estimate of drug-likeness (QED) is 0.618. The highest BCUT2D eigenvalue weighted by atomic mass is 35.5. The molecule has 1 aromatic rings. The third kappa shape index (κ3) is 4.55. The van der Waals surface area contributed by atoms with E-state index in [1.165, 1.54) is 0 Å². The van der Waals surface area contributed by atoms with Gasteiger partial charge in [0.15, 0.2) is 5.69 Å². The second-order valence-corrected chi connectivity index (χ2v) is 3.84. The predicted octanol–water partition coefficient (Wildman–Crippen LogP) is 2.39. The third-order valence-electron chi connectivity index (χ3n) is 2.07. The first kappa shape index (κ1) is 15.5. The molecule has 1 rings (SSSR count). The zero-order chi connectivity index (χ0) is 14.6. The van der Waals surface area contributed by atoms with Crippen LogP contribution in [-0.4, -0.2) is 33.8 Å². The lowest BCUT2D eigenvalue weighted by Crippen LogP contribution is -2.16. The van der Waals surface area contributed by atoms with Crippen LogP contribution < -0.4 is 0 Å². The van der Waals surface area contributed by atoms with E-state index < -0.39 is 30.4 Å². The second-order valence-electron chi connectivity index (χ2n) is 3.50. The molecule has 106 valence electrons. The van der Waals surface area contributed by atoms with E-state index in [0.717, 1.165) is 10.7 Å². The molecule has 19 heavy (non-hydrogen) atoms. The number of nitrogens with zero attached hydrogens (tertiary/aromatic N) is 2. The van der Waals surface area contributed by atoms with Crippen molar-refractivity contribution in [2.24, 2.45) is 0 Å². The lowest BCUT2D eigenvalue weighted by Gasteiger charge is -2.07. The van der Waals surface area contributed by atoms with Gasteiger partial charge in [-0.2, -0.15) is 18.3 Å². The molecule has 0 N–H and O–H groups in total. The van der Waals surface area contributed by atoms with Crippen molar-refractivity contribution >= 4 is 22.8 Å². The van der Waals surface area contributed by atoms with Gasteiger partial charge < -0.3 is 4.74 Å². The number of hydrogen-bond donors (Lipinski definition) is 0. The van der Waals surface area contributed by atoms with E-state index in [1.54, 1.807) is 6.92 Å². The van der Waals surface area contributed by atoms with Crippen LogP contribution in [0.4, 0.5) is 13.2 Å². The number of carbonyl (C=O) groups excluding carboxylic acids is 2. The molecule has 0 unspecified atom stereocenters. The SMILES string of the molecule is CCOC(=O)c1cc(C(=O)Cl)n(CCC(F)(F)F)n1. The van der Waals surface area contributed by atoms with Crippen molar-refractivity contribution in [3.8, 4) is 0 Å². The maximum Gasteiger partial charge on any atom is 0.390 e. The fraction of sp³-hybridized carbons (Fsp3) is 0.500. The Labute approximate surface area is 111 Å². The van der Waals surface area contributed by atoms with E-state index in [0.29, 0.717) is 0 Å². The second kappa shape index (κ2) is 6.05. The van der Waals surface area contributed by atoms with Crippen LogP contribution in [0.3, 0.4) is 0 Å². The number of esters is 1. The number of alkyl halides is 3. The zero-order valence-electron chi connectivity index (χ0n) is 9.83. The van der Waals surface area contributed by atoms with Gasteiger partial charge in [-0.3, -0.25) is 9.48 Å². The summed E-state index contributed by atoms with van der Waals surface area (Å²) < 4.78 is 41.7. The number of ether oxygens (including phenoxy) is 1. The molecule has 9 heteroatoms. The molecule has 0 aliphatic heterocycles. The molecule has 0 amide bonds. The Balaban J connectivity index is 2.95. The van der Waals surface area contributed by atoms with Gasteiger partial charge in [0.2, 0.25) is 0 Å². The van der Waals surface area contributed by atoms with Gasteiger partial charge in [-0.15, -0.1) is 0 Å². The summed E-state index contributed by atoms with van der Waals surface area (Å²) in [5.74, 6) is -0.826. The van der Waals surface area contributed by atoms with Crippen LogP contribution in [0.2, 0.25) is 0 Å². The Morgan fingerprint density at radius 3 is 2.58 bits per heavy atom. The van der Waals surface area contributed by atoms with Crippen LogP contribution in [0.1, 0.15) is 34.3 Å². The Hall–Kier alpha value is -1.57. The standard InChI is InChI=1S/C10H10ClF3N2O3/c1-2-19-9(18)6-5-7(8(11)17)16(15-6)4-3-10(12,13)14/h5H,2-4H2,1H3. The van der Waals surface area contributed by atoms with Gasteiger partial charge in [-0.25, -0.2) is 4.79 Å². The van der Waals surface area contributed by atoms with Crippen molar-refractivity contribution in [1.82, 2.24) is 9.78 Å². The average Bonchev–Trinajstić information content (AvgIpc) is 2.70. The fourth-order valence-corrected chi connectivity index (χ4v) is 1.44. The maximum absolute atomic E-state index is 12.1. The first-order chi connectivity index (χ1) is 8.74. The molecule has 0 radical (unpaired) electrons. The summed E-state index contributed by atoms with van der Waals surface area (Å²) in [4.78, 5) is 22.4. The van der Waals surface area contributed by atoms with Crippen molar-refractivity contribution in [2.45, 2.75) is 26.1 Å². The molecule has 1 heterocycles. The van der Waals surface area contributed by atoms with E-state index in [-0.39, 0.29) is 18.0 Å². The summed E-state index contributed by atoms with van der Waals surface area (Å²) in [6.07, 6.45) is -5.59. The molecule has 5 nitrogen and oxygen atoms in total. The maximum atomic E-state index is 12.1. The number of halogens is 4. The average molecular weight is 299 g/mol. The smallest absolute Gasteiger partial charge is 0.390 e. The zero-order valence-corrected chi connectivity index (χ0v) is 10.6. The minimum absolute atomic E-state index is 0.0817. The van der Waals surface area contributed by atoms with Gasteiger partial charge in [0.05, 0.1) is 19.6 Å². The summed E-state index contributed by atoms with van der Waals surface area (Å²) in [5.41, 5.74) is -0.540. The highest BCUT2D eigenvalue weighted by Crippen LogP contribution is 2.21. The van der Waals surface area contributed by atoms with E-state index in [9.17, 15) is 22.8 Å².